The molecule has 5 nitrogen and oxygen atoms in total. The standard InChI is InChI=1S/C14H26N2O3/c1-2-19-14(18)4-3-9-16-13(17)6-5-12-7-10-15-11-8-12/h12,15H,2-11H2,1H3,(H,16,17). The van der Waals surface area contributed by atoms with E-state index in [0.717, 1.165) is 19.5 Å². The molecule has 1 aliphatic heterocycles. The minimum absolute atomic E-state index is 0.0994. The van der Waals surface area contributed by atoms with Crippen molar-refractivity contribution in [2.75, 3.05) is 26.2 Å². The molecule has 1 saturated heterocycles. The van der Waals surface area contributed by atoms with Crippen molar-refractivity contribution in [2.45, 2.75) is 45.4 Å². The Morgan fingerprint density at radius 2 is 2.00 bits per heavy atom. The van der Waals surface area contributed by atoms with Crippen LogP contribution < -0.4 is 10.6 Å². The van der Waals surface area contributed by atoms with Crippen molar-refractivity contribution in [1.29, 1.82) is 0 Å². The van der Waals surface area contributed by atoms with Gasteiger partial charge in [0.25, 0.3) is 0 Å². The van der Waals surface area contributed by atoms with Crippen LogP contribution in [0.2, 0.25) is 0 Å². The molecule has 0 aromatic heterocycles. The first-order valence-corrected chi connectivity index (χ1v) is 7.35. The third-order valence-electron chi connectivity index (χ3n) is 3.42. The first-order valence-electron chi connectivity index (χ1n) is 7.35. The zero-order valence-electron chi connectivity index (χ0n) is 11.9. The normalized spacial score (nSPS) is 16.1. The molecule has 0 spiro atoms. The van der Waals surface area contributed by atoms with E-state index in [0.29, 0.717) is 38.3 Å². The Morgan fingerprint density at radius 1 is 1.26 bits per heavy atom. The van der Waals surface area contributed by atoms with E-state index >= 15 is 0 Å². The van der Waals surface area contributed by atoms with Gasteiger partial charge in [0.1, 0.15) is 0 Å². The van der Waals surface area contributed by atoms with Gasteiger partial charge in [0.2, 0.25) is 5.91 Å². The maximum atomic E-state index is 11.6. The van der Waals surface area contributed by atoms with Crippen LogP contribution in [0.25, 0.3) is 0 Å². The molecule has 110 valence electrons. The van der Waals surface area contributed by atoms with Crippen molar-refractivity contribution in [2.24, 2.45) is 5.92 Å². The number of carbonyl (C=O) groups excluding carboxylic acids is 2. The zero-order chi connectivity index (χ0) is 13.9. The Bertz CT molecular complexity index is 276. The van der Waals surface area contributed by atoms with Gasteiger partial charge in [0.05, 0.1) is 6.61 Å². The van der Waals surface area contributed by atoms with Gasteiger partial charge in [-0.05, 0) is 51.6 Å². The van der Waals surface area contributed by atoms with Crippen LogP contribution >= 0.6 is 0 Å². The minimum Gasteiger partial charge on any atom is -0.466 e. The summed E-state index contributed by atoms with van der Waals surface area (Å²) in [7, 11) is 0. The SMILES string of the molecule is CCOC(=O)CCCNC(=O)CCC1CCNCC1. The summed E-state index contributed by atoms with van der Waals surface area (Å²) in [5.41, 5.74) is 0. The van der Waals surface area contributed by atoms with Crippen LogP contribution in [0.3, 0.4) is 0 Å². The van der Waals surface area contributed by atoms with E-state index in [1.807, 2.05) is 0 Å². The topological polar surface area (TPSA) is 67.4 Å². The van der Waals surface area contributed by atoms with Crippen molar-refractivity contribution >= 4 is 11.9 Å². The van der Waals surface area contributed by atoms with E-state index in [9.17, 15) is 9.59 Å². The van der Waals surface area contributed by atoms with Crippen LogP contribution in [-0.2, 0) is 14.3 Å². The lowest BCUT2D eigenvalue weighted by Crippen LogP contribution is -2.29. The fourth-order valence-electron chi connectivity index (χ4n) is 2.29. The summed E-state index contributed by atoms with van der Waals surface area (Å²) >= 11 is 0. The zero-order valence-corrected chi connectivity index (χ0v) is 11.9. The summed E-state index contributed by atoms with van der Waals surface area (Å²) in [6.45, 7) is 4.92. The average molecular weight is 270 g/mol. The van der Waals surface area contributed by atoms with Crippen LogP contribution in [-0.4, -0.2) is 38.1 Å². The molecule has 0 radical (unpaired) electrons. The summed E-state index contributed by atoms with van der Waals surface area (Å²) in [5.74, 6) is 0.598. The van der Waals surface area contributed by atoms with Gasteiger partial charge >= 0.3 is 5.97 Å². The van der Waals surface area contributed by atoms with Gasteiger partial charge in [-0.15, -0.1) is 0 Å². The minimum atomic E-state index is -0.188. The summed E-state index contributed by atoms with van der Waals surface area (Å²) in [4.78, 5) is 22.7. The molecular formula is C14H26N2O3. The fourth-order valence-corrected chi connectivity index (χ4v) is 2.29. The van der Waals surface area contributed by atoms with Crippen LogP contribution in [0.1, 0.15) is 45.4 Å². The van der Waals surface area contributed by atoms with Gasteiger partial charge in [-0.3, -0.25) is 9.59 Å². The maximum absolute atomic E-state index is 11.6. The number of esters is 1. The van der Waals surface area contributed by atoms with E-state index < -0.39 is 0 Å². The Kier molecular flexibility index (Phi) is 8.21. The number of piperidine rings is 1. The molecular weight excluding hydrogens is 244 g/mol. The Morgan fingerprint density at radius 3 is 2.68 bits per heavy atom. The van der Waals surface area contributed by atoms with Gasteiger partial charge < -0.3 is 15.4 Å². The first-order chi connectivity index (χ1) is 9.22. The average Bonchev–Trinajstić information content (AvgIpc) is 2.43. The molecule has 19 heavy (non-hydrogen) atoms. The van der Waals surface area contributed by atoms with Gasteiger partial charge in [-0.25, -0.2) is 0 Å². The van der Waals surface area contributed by atoms with E-state index in [1.54, 1.807) is 6.92 Å². The molecule has 0 aromatic rings. The lowest BCUT2D eigenvalue weighted by Gasteiger charge is -2.22. The van der Waals surface area contributed by atoms with E-state index in [2.05, 4.69) is 10.6 Å². The van der Waals surface area contributed by atoms with Crippen molar-refractivity contribution in [3.8, 4) is 0 Å². The Labute approximate surface area is 115 Å². The second-order valence-corrected chi connectivity index (χ2v) is 4.99. The first kappa shape index (κ1) is 16.0. The summed E-state index contributed by atoms with van der Waals surface area (Å²) in [6.07, 6.45) is 4.96. The van der Waals surface area contributed by atoms with E-state index in [1.165, 1.54) is 12.8 Å². The van der Waals surface area contributed by atoms with Gasteiger partial charge in [0.15, 0.2) is 0 Å². The molecule has 1 aliphatic rings. The maximum Gasteiger partial charge on any atom is 0.305 e. The largest absolute Gasteiger partial charge is 0.466 e. The van der Waals surface area contributed by atoms with E-state index in [-0.39, 0.29) is 11.9 Å². The number of hydrogen-bond donors (Lipinski definition) is 2. The number of nitrogens with one attached hydrogen (secondary N) is 2. The lowest BCUT2D eigenvalue weighted by atomic mass is 9.93. The van der Waals surface area contributed by atoms with Crippen molar-refractivity contribution in [3.05, 3.63) is 0 Å². The second kappa shape index (κ2) is 9.78. The number of carbonyl (C=O) groups is 2. The van der Waals surface area contributed by atoms with Crippen molar-refractivity contribution < 1.29 is 14.3 Å². The molecule has 1 amide bonds. The van der Waals surface area contributed by atoms with Crippen LogP contribution in [0.4, 0.5) is 0 Å². The molecule has 0 aromatic carbocycles. The molecule has 0 saturated carbocycles. The number of rotatable bonds is 8. The highest BCUT2D eigenvalue weighted by Crippen LogP contribution is 2.17. The molecule has 1 fully saturated rings. The monoisotopic (exact) mass is 270 g/mol. The highest BCUT2D eigenvalue weighted by Gasteiger charge is 2.14. The number of ether oxygens (including phenoxy) is 1. The summed E-state index contributed by atoms with van der Waals surface area (Å²) in [5, 5.41) is 6.18. The molecule has 1 heterocycles. The second-order valence-electron chi connectivity index (χ2n) is 4.99. The molecule has 0 bridgehead atoms. The van der Waals surface area contributed by atoms with Crippen LogP contribution in [0.5, 0.6) is 0 Å². The summed E-state index contributed by atoms with van der Waals surface area (Å²) < 4.78 is 4.82. The van der Waals surface area contributed by atoms with E-state index in [4.69, 9.17) is 4.74 Å². The summed E-state index contributed by atoms with van der Waals surface area (Å²) in [6, 6.07) is 0. The number of hydrogen-bond acceptors (Lipinski definition) is 4. The van der Waals surface area contributed by atoms with Crippen LogP contribution in [0.15, 0.2) is 0 Å². The molecule has 5 heteroatoms. The fraction of sp³-hybridized carbons (Fsp3) is 0.857. The van der Waals surface area contributed by atoms with Crippen molar-refractivity contribution in [1.82, 2.24) is 10.6 Å². The van der Waals surface area contributed by atoms with Gasteiger partial charge in [0, 0.05) is 19.4 Å². The van der Waals surface area contributed by atoms with Crippen molar-refractivity contribution in [3.63, 3.8) is 0 Å². The molecule has 2 N–H and O–H groups in total. The highest BCUT2D eigenvalue weighted by molar-refractivity contribution is 5.76. The predicted octanol–water partition coefficient (Wildman–Crippen LogP) is 1.23. The van der Waals surface area contributed by atoms with Gasteiger partial charge in [-0.2, -0.15) is 0 Å². The number of amides is 1. The molecule has 0 unspecified atom stereocenters. The lowest BCUT2D eigenvalue weighted by molar-refractivity contribution is -0.143. The molecule has 0 aliphatic carbocycles. The molecule has 1 rings (SSSR count). The smallest absolute Gasteiger partial charge is 0.305 e. The highest BCUT2D eigenvalue weighted by atomic mass is 16.5. The molecule has 0 atom stereocenters. The third-order valence-corrected chi connectivity index (χ3v) is 3.42. The predicted molar refractivity (Wildman–Crippen MR) is 73.7 cm³/mol. The Hall–Kier alpha value is -1.10. The quantitative estimate of drug-likeness (QED) is 0.514. The van der Waals surface area contributed by atoms with Crippen LogP contribution in [0, 0.1) is 5.92 Å². The van der Waals surface area contributed by atoms with Gasteiger partial charge in [-0.1, -0.05) is 0 Å². The third kappa shape index (κ3) is 7.82. The Balaban J connectivity index is 1.97.